The summed E-state index contributed by atoms with van der Waals surface area (Å²) in [7, 11) is 0. The van der Waals surface area contributed by atoms with Crippen molar-refractivity contribution < 1.29 is 4.79 Å². The quantitative estimate of drug-likeness (QED) is 0.453. The second kappa shape index (κ2) is 8.01. The lowest BCUT2D eigenvalue weighted by Gasteiger charge is -2.34. The van der Waals surface area contributed by atoms with Gasteiger partial charge < -0.3 is 16.4 Å². The van der Waals surface area contributed by atoms with Crippen molar-refractivity contribution in [3.63, 3.8) is 0 Å². The third-order valence-corrected chi connectivity index (χ3v) is 4.65. The number of rotatable bonds is 6. The predicted octanol–water partition coefficient (Wildman–Crippen LogP) is 1.10. The number of benzene rings is 2. The summed E-state index contributed by atoms with van der Waals surface area (Å²) in [6, 6.07) is 15.0. The number of carbonyl (C=O) groups is 1. The van der Waals surface area contributed by atoms with E-state index in [0.717, 1.165) is 17.7 Å². The molecule has 0 atom stereocenters. The van der Waals surface area contributed by atoms with E-state index in [4.69, 9.17) is 22.3 Å². The van der Waals surface area contributed by atoms with Gasteiger partial charge in [-0.25, -0.2) is 0 Å². The minimum Gasteiger partial charge on any atom is -0.384 e. The summed E-state index contributed by atoms with van der Waals surface area (Å²) in [4.78, 5) is 16.5. The molecule has 27 heavy (non-hydrogen) atoms. The highest BCUT2D eigenvalue weighted by Crippen LogP contribution is 2.14. The third kappa shape index (κ3) is 4.71. The van der Waals surface area contributed by atoms with Crippen molar-refractivity contribution in [2.75, 3.05) is 19.6 Å². The van der Waals surface area contributed by atoms with Crippen LogP contribution in [0.25, 0.3) is 0 Å². The highest BCUT2D eigenvalue weighted by molar-refractivity contribution is 5.95. The van der Waals surface area contributed by atoms with Gasteiger partial charge in [-0.05, 0) is 23.3 Å². The first kappa shape index (κ1) is 18.6. The van der Waals surface area contributed by atoms with E-state index >= 15 is 0 Å². The number of carbonyl (C=O) groups excluding carboxylic acids is 1. The van der Waals surface area contributed by atoms with Gasteiger partial charge in [0.05, 0.1) is 6.54 Å². The number of amidine groups is 2. The Labute approximate surface area is 158 Å². The molecule has 0 aliphatic carbocycles. The molecule has 0 radical (unpaired) electrons. The Morgan fingerprint density at radius 1 is 0.889 bits per heavy atom. The molecular weight excluding hydrogens is 340 g/mol. The SMILES string of the molecule is N=C(N)c1cccc(CN2CCN(Cc3cccc(C(=N)N)c3)C(=O)C2)c1. The monoisotopic (exact) mass is 364 g/mol. The summed E-state index contributed by atoms with van der Waals surface area (Å²) in [5.41, 5.74) is 14.5. The summed E-state index contributed by atoms with van der Waals surface area (Å²) >= 11 is 0. The first-order valence-electron chi connectivity index (χ1n) is 8.79. The van der Waals surface area contributed by atoms with Gasteiger partial charge in [-0.1, -0.05) is 36.4 Å². The van der Waals surface area contributed by atoms with Gasteiger partial charge >= 0.3 is 0 Å². The maximum atomic E-state index is 12.6. The second-order valence-corrected chi connectivity index (χ2v) is 6.75. The van der Waals surface area contributed by atoms with E-state index in [1.807, 2.05) is 47.4 Å². The van der Waals surface area contributed by atoms with Crippen LogP contribution >= 0.6 is 0 Å². The number of amides is 1. The fraction of sp³-hybridized carbons (Fsp3) is 0.250. The molecule has 1 aliphatic rings. The van der Waals surface area contributed by atoms with Crippen LogP contribution in [0, 0.1) is 10.8 Å². The number of nitrogen functional groups attached to an aromatic ring is 2. The molecule has 3 rings (SSSR count). The Balaban J connectivity index is 1.60. The zero-order chi connectivity index (χ0) is 19.4. The van der Waals surface area contributed by atoms with Crippen molar-refractivity contribution in [3.05, 3.63) is 70.8 Å². The molecule has 6 N–H and O–H groups in total. The average molecular weight is 364 g/mol. The van der Waals surface area contributed by atoms with E-state index in [0.29, 0.717) is 37.3 Å². The van der Waals surface area contributed by atoms with Gasteiger partial charge in [0.2, 0.25) is 5.91 Å². The number of nitrogens with zero attached hydrogens (tertiary/aromatic N) is 2. The molecule has 1 heterocycles. The number of hydrogen-bond acceptors (Lipinski definition) is 4. The Hall–Kier alpha value is -3.19. The van der Waals surface area contributed by atoms with Crippen molar-refractivity contribution in [1.29, 1.82) is 10.8 Å². The van der Waals surface area contributed by atoms with Crippen LogP contribution in [-0.2, 0) is 17.9 Å². The summed E-state index contributed by atoms with van der Waals surface area (Å²) in [5.74, 6) is 0.156. The van der Waals surface area contributed by atoms with Crippen LogP contribution in [0.1, 0.15) is 22.3 Å². The van der Waals surface area contributed by atoms with E-state index < -0.39 is 0 Å². The van der Waals surface area contributed by atoms with Gasteiger partial charge in [0.15, 0.2) is 0 Å². The Morgan fingerprint density at radius 2 is 1.44 bits per heavy atom. The molecular formula is C20H24N6O. The van der Waals surface area contributed by atoms with Crippen LogP contribution in [0.4, 0.5) is 0 Å². The van der Waals surface area contributed by atoms with Crippen molar-refractivity contribution in [3.8, 4) is 0 Å². The van der Waals surface area contributed by atoms with Crippen molar-refractivity contribution in [2.45, 2.75) is 13.1 Å². The maximum Gasteiger partial charge on any atom is 0.237 e. The molecule has 7 nitrogen and oxygen atoms in total. The zero-order valence-corrected chi connectivity index (χ0v) is 15.1. The Morgan fingerprint density at radius 3 is 1.96 bits per heavy atom. The zero-order valence-electron chi connectivity index (χ0n) is 15.1. The lowest BCUT2D eigenvalue weighted by atomic mass is 10.1. The van der Waals surface area contributed by atoms with Gasteiger partial charge in [0, 0.05) is 37.3 Å². The van der Waals surface area contributed by atoms with Gasteiger partial charge in [0.25, 0.3) is 0 Å². The lowest BCUT2D eigenvalue weighted by Crippen LogP contribution is -2.49. The number of hydrogen-bond donors (Lipinski definition) is 4. The van der Waals surface area contributed by atoms with E-state index in [1.165, 1.54) is 0 Å². The topological polar surface area (TPSA) is 123 Å². The fourth-order valence-electron chi connectivity index (χ4n) is 3.21. The molecule has 2 aromatic carbocycles. The van der Waals surface area contributed by atoms with E-state index in [2.05, 4.69) is 4.90 Å². The van der Waals surface area contributed by atoms with Gasteiger partial charge in [0.1, 0.15) is 11.7 Å². The molecule has 2 aromatic rings. The average Bonchev–Trinajstić information content (AvgIpc) is 2.64. The van der Waals surface area contributed by atoms with E-state index in [1.54, 1.807) is 6.07 Å². The first-order chi connectivity index (χ1) is 12.9. The molecule has 1 aliphatic heterocycles. The molecule has 140 valence electrons. The Bertz CT molecular complexity index is 878. The molecule has 0 aromatic heterocycles. The van der Waals surface area contributed by atoms with Gasteiger partial charge in [-0.15, -0.1) is 0 Å². The Kier molecular flexibility index (Phi) is 5.52. The summed E-state index contributed by atoms with van der Waals surface area (Å²) in [6.07, 6.45) is 0. The lowest BCUT2D eigenvalue weighted by molar-refractivity contribution is -0.136. The number of nitrogens with one attached hydrogen (secondary N) is 2. The fourth-order valence-corrected chi connectivity index (χ4v) is 3.21. The van der Waals surface area contributed by atoms with E-state index in [-0.39, 0.29) is 17.6 Å². The largest absolute Gasteiger partial charge is 0.384 e. The van der Waals surface area contributed by atoms with Gasteiger partial charge in [-0.3, -0.25) is 20.5 Å². The molecule has 0 unspecified atom stereocenters. The number of nitrogens with two attached hydrogens (primary N) is 2. The molecule has 1 amide bonds. The standard InChI is InChI=1S/C20H24N6O/c21-19(22)16-5-1-3-14(9-16)11-25-7-8-26(18(27)13-25)12-15-4-2-6-17(10-15)20(23)24/h1-6,9-10H,7-8,11-13H2,(H3,21,22)(H3,23,24). The van der Waals surface area contributed by atoms with E-state index in [9.17, 15) is 4.79 Å². The van der Waals surface area contributed by atoms with Crippen molar-refractivity contribution >= 4 is 17.6 Å². The molecule has 0 spiro atoms. The first-order valence-corrected chi connectivity index (χ1v) is 8.79. The van der Waals surface area contributed by atoms with Crippen LogP contribution in [0.3, 0.4) is 0 Å². The second-order valence-electron chi connectivity index (χ2n) is 6.75. The van der Waals surface area contributed by atoms with Crippen molar-refractivity contribution in [2.24, 2.45) is 11.5 Å². The normalized spacial score (nSPS) is 15.0. The highest BCUT2D eigenvalue weighted by Gasteiger charge is 2.24. The summed E-state index contributed by atoms with van der Waals surface area (Å²) in [5, 5.41) is 15.1. The molecule has 7 heteroatoms. The number of piperazine rings is 1. The summed E-state index contributed by atoms with van der Waals surface area (Å²) in [6.45, 7) is 2.96. The molecule has 1 saturated heterocycles. The predicted molar refractivity (Wildman–Crippen MR) is 106 cm³/mol. The van der Waals surface area contributed by atoms with Crippen LogP contribution in [-0.4, -0.2) is 47.0 Å². The minimum absolute atomic E-state index is 0.0285. The van der Waals surface area contributed by atoms with Crippen molar-refractivity contribution in [1.82, 2.24) is 9.80 Å². The van der Waals surface area contributed by atoms with Gasteiger partial charge in [-0.2, -0.15) is 0 Å². The molecule has 0 bridgehead atoms. The molecule has 1 fully saturated rings. The van der Waals surface area contributed by atoms with Crippen LogP contribution < -0.4 is 11.5 Å². The third-order valence-electron chi connectivity index (χ3n) is 4.65. The van der Waals surface area contributed by atoms with Crippen LogP contribution in [0.15, 0.2) is 48.5 Å². The summed E-state index contributed by atoms with van der Waals surface area (Å²) < 4.78 is 0. The maximum absolute atomic E-state index is 12.6. The van der Waals surface area contributed by atoms with Crippen LogP contribution in [0.5, 0.6) is 0 Å². The highest BCUT2D eigenvalue weighted by atomic mass is 16.2. The smallest absolute Gasteiger partial charge is 0.237 e. The minimum atomic E-state index is 0.0285. The van der Waals surface area contributed by atoms with Crippen LogP contribution in [0.2, 0.25) is 0 Å². The molecule has 0 saturated carbocycles.